The minimum Gasteiger partial charge on any atom is -0.306 e. The predicted molar refractivity (Wildman–Crippen MR) is 71.7 cm³/mol. The van der Waals surface area contributed by atoms with Crippen molar-refractivity contribution >= 4 is 5.52 Å². The first-order valence-corrected chi connectivity index (χ1v) is 6.28. The average Bonchev–Trinajstić information content (AvgIpc) is 3.03. The fourth-order valence-electron chi connectivity index (χ4n) is 2.28. The van der Waals surface area contributed by atoms with Crippen molar-refractivity contribution in [3.05, 3.63) is 48.3 Å². The molecular formula is C13H16N6. The summed E-state index contributed by atoms with van der Waals surface area (Å²) in [5, 5.41) is 12.1. The van der Waals surface area contributed by atoms with E-state index >= 15 is 0 Å². The van der Waals surface area contributed by atoms with Gasteiger partial charge in [0.1, 0.15) is 0 Å². The van der Waals surface area contributed by atoms with Gasteiger partial charge in [-0.2, -0.15) is 10.2 Å². The third-order valence-electron chi connectivity index (χ3n) is 3.13. The van der Waals surface area contributed by atoms with Crippen molar-refractivity contribution in [2.75, 3.05) is 6.54 Å². The van der Waals surface area contributed by atoms with E-state index in [2.05, 4.69) is 27.4 Å². The SMILES string of the molecule is CCNC(c1cnn(C)c1)c1cnn2ccncc12. The van der Waals surface area contributed by atoms with Gasteiger partial charge < -0.3 is 5.32 Å². The van der Waals surface area contributed by atoms with Crippen LogP contribution in [0, 0.1) is 0 Å². The Morgan fingerprint density at radius 1 is 1.26 bits per heavy atom. The number of nitrogens with one attached hydrogen (secondary N) is 1. The molecule has 0 fully saturated rings. The normalized spacial score (nSPS) is 12.9. The third-order valence-corrected chi connectivity index (χ3v) is 3.13. The average molecular weight is 256 g/mol. The van der Waals surface area contributed by atoms with Crippen molar-refractivity contribution in [2.45, 2.75) is 13.0 Å². The molecule has 0 spiro atoms. The van der Waals surface area contributed by atoms with E-state index in [0.717, 1.165) is 23.2 Å². The van der Waals surface area contributed by atoms with Crippen LogP contribution in [0.15, 0.2) is 37.2 Å². The van der Waals surface area contributed by atoms with Crippen LogP contribution >= 0.6 is 0 Å². The minimum atomic E-state index is 0.0837. The summed E-state index contributed by atoms with van der Waals surface area (Å²) in [4.78, 5) is 4.18. The van der Waals surface area contributed by atoms with Gasteiger partial charge in [0, 0.05) is 36.8 Å². The van der Waals surface area contributed by atoms with Crippen LogP contribution in [0.2, 0.25) is 0 Å². The minimum absolute atomic E-state index is 0.0837. The van der Waals surface area contributed by atoms with E-state index in [-0.39, 0.29) is 6.04 Å². The van der Waals surface area contributed by atoms with Crippen LogP contribution < -0.4 is 5.32 Å². The van der Waals surface area contributed by atoms with Gasteiger partial charge in [-0.1, -0.05) is 6.92 Å². The molecule has 98 valence electrons. The molecular weight excluding hydrogens is 240 g/mol. The Labute approximate surface area is 111 Å². The van der Waals surface area contributed by atoms with Crippen LogP contribution in [0.4, 0.5) is 0 Å². The van der Waals surface area contributed by atoms with Gasteiger partial charge >= 0.3 is 0 Å². The molecule has 0 aliphatic heterocycles. The lowest BCUT2D eigenvalue weighted by Gasteiger charge is -2.15. The van der Waals surface area contributed by atoms with Gasteiger partial charge in [0.15, 0.2) is 0 Å². The number of aryl methyl sites for hydroxylation is 1. The molecule has 3 aromatic rings. The maximum absolute atomic E-state index is 4.36. The molecule has 3 aromatic heterocycles. The molecule has 3 rings (SSSR count). The van der Waals surface area contributed by atoms with Crippen LogP contribution in [-0.2, 0) is 7.05 Å². The highest BCUT2D eigenvalue weighted by Gasteiger charge is 2.18. The van der Waals surface area contributed by atoms with Crippen LogP contribution in [0.3, 0.4) is 0 Å². The topological polar surface area (TPSA) is 60.0 Å². The summed E-state index contributed by atoms with van der Waals surface area (Å²) < 4.78 is 3.65. The lowest BCUT2D eigenvalue weighted by molar-refractivity contribution is 0.633. The van der Waals surface area contributed by atoms with Crippen LogP contribution in [0.5, 0.6) is 0 Å². The maximum Gasteiger partial charge on any atom is 0.0896 e. The van der Waals surface area contributed by atoms with Gasteiger partial charge in [-0.25, -0.2) is 4.52 Å². The smallest absolute Gasteiger partial charge is 0.0896 e. The van der Waals surface area contributed by atoms with E-state index in [1.165, 1.54) is 0 Å². The molecule has 1 unspecified atom stereocenters. The highest BCUT2D eigenvalue weighted by atomic mass is 15.2. The molecule has 6 heteroatoms. The van der Waals surface area contributed by atoms with E-state index < -0.39 is 0 Å². The highest BCUT2D eigenvalue weighted by molar-refractivity contribution is 5.55. The molecule has 0 saturated heterocycles. The molecule has 0 aliphatic rings. The van der Waals surface area contributed by atoms with Crippen LogP contribution in [-0.4, -0.2) is 30.9 Å². The number of fused-ring (bicyclic) bond motifs is 1. The maximum atomic E-state index is 4.36. The highest BCUT2D eigenvalue weighted by Crippen LogP contribution is 2.24. The summed E-state index contributed by atoms with van der Waals surface area (Å²) in [6.45, 7) is 2.96. The number of nitrogens with zero attached hydrogens (tertiary/aromatic N) is 5. The van der Waals surface area contributed by atoms with Gasteiger partial charge in [0.25, 0.3) is 0 Å². The third kappa shape index (κ3) is 2.10. The van der Waals surface area contributed by atoms with Gasteiger partial charge in [-0.15, -0.1) is 0 Å². The summed E-state index contributed by atoms with van der Waals surface area (Å²) in [6.07, 6.45) is 11.2. The van der Waals surface area contributed by atoms with E-state index in [1.54, 1.807) is 6.20 Å². The van der Waals surface area contributed by atoms with E-state index in [9.17, 15) is 0 Å². The molecule has 0 aromatic carbocycles. The second-order valence-corrected chi connectivity index (χ2v) is 4.44. The largest absolute Gasteiger partial charge is 0.306 e. The first kappa shape index (κ1) is 11.9. The zero-order valence-electron chi connectivity index (χ0n) is 11.0. The molecule has 0 bridgehead atoms. The van der Waals surface area contributed by atoms with Crippen molar-refractivity contribution in [3.63, 3.8) is 0 Å². The Kier molecular flexibility index (Phi) is 3.00. The Balaban J connectivity index is 2.09. The second kappa shape index (κ2) is 4.81. The van der Waals surface area contributed by atoms with Crippen LogP contribution in [0.25, 0.3) is 5.52 Å². The molecule has 0 amide bonds. The van der Waals surface area contributed by atoms with Gasteiger partial charge in [0.2, 0.25) is 0 Å². The fraction of sp³-hybridized carbons (Fsp3) is 0.308. The van der Waals surface area contributed by atoms with Crippen LogP contribution in [0.1, 0.15) is 24.1 Å². The summed E-state index contributed by atoms with van der Waals surface area (Å²) in [5.74, 6) is 0. The Morgan fingerprint density at radius 2 is 2.16 bits per heavy atom. The molecule has 19 heavy (non-hydrogen) atoms. The van der Waals surface area contributed by atoms with Gasteiger partial charge in [-0.05, 0) is 6.54 Å². The number of hydrogen-bond donors (Lipinski definition) is 1. The Morgan fingerprint density at radius 3 is 2.89 bits per heavy atom. The fourth-order valence-corrected chi connectivity index (χ4v) is 2.28. The van der Waals surface area contributed by atoms with Gasteiger partial charge in [-0.3, -0.25) is 9.67 Å². The standard InChI is InChI=1S/C13H16N6/c1-3-15-13(10-6-16-18(2)9-10)11-7-17-19-5-4-14-8-12(11)19/h4-9,13,15H,3H2,1-2H3. The summed E-state index contributed by atoms with van der Waals surface area (Å²) >= 11 is 0. The zero-order chi connectivity index (χ0) is 13.2. The van der Waals surface area contributed by atoms with Crippen molar-refractivity contribution in [2.24, 2.45) is 7.05 Å². The Bertz CT molecular complexity index is 683. The zero-order valence-corrected chi connectivity index (χ0v) is 11.0. The van der Waals surface area contributed by atoms with Crippen molar-refractivity contribution in [1.29, 1.82) is 0 Å². The molecule has 3 heterocycles. The monoisotopic (exact) mass is 256 g/mol. The van der Waals surface area contributed by atoms with E-state index in [1.807, 2.05) is 47.2 Å². The van der Waals surface area contributed by atoms with Gasteiger partial charge in [0.05, 0.1) is 30.1 Å². The van der Waals surface area contributed by atoms with Crippen molar-refractivity contribution in [3.8, 4) is 0 Å². The Hall–Kier alpha value is -2.21. The summed E-state index contributed by atoms with van der Waals surface area (Å²) in [5.41, 5.74) is 3.25. The number of hydrogen-bond acceptors (Lipinski definition) is 4. The second-order valence-electron chi connectivity index (χ2n) is 4.44. The lowest BCUT2D eigenvalue weighted by atomic mass is 10.0. The molecule has 0 radical (unpaired) electrons. The van der Waals surface area contributed by atoms with E-state index in [4.69, 9.17) is 0 Å². The molecule has 1 N–H and O–H groups in total. The lowest BCUT2D eigenvalue weighted by Crippen LogP contribution is -2.21. The van der Waals surface area contributed by atoms with Crippen molar-refractivity contribution < 1.29 is 0 Å². The summed E-state index contributed by atoms with van der Waals surface area (Å²) in [6, 6.07) is 0.0837. The predicted octanol–water partition coefficient (Wildman–Crippen LogP) is 1.16. The summed E-state index contributed by atoms with van der Waals surface area (Å²) in [7, 11) is 1.92. The van der Waals surface area contributed by atoms with Crippen molar-refractivity contribution in [1.82, 2.24) is 29.7 Å². The molecule has 0 saturated carbocycles. The van der Waals surface area contributed by atoms with E-state index in [0.29, 0.717) is 0 Å². The number of aromatic nitrogens is 5. The first-order chi connectivity index (χ1) is 9.29. The molecule has 1 atom stereocenters. The molecule has 0 aliphatic carbocycles. The molecule has 6 nitrogen and oxygen atoms in total. The first-order valence-electron chi connectivity index (χ1n) is 6.28. The quantitative estimate of drug-likeness (QED) is 0.761. The number of rotatable bonds is 4.